The fraction of sp³-hybridized carbons (Fsp3) is 0.167. The number of amides is 1. The zero-order chi connectivity index (χ0) is 13.1. The highest BCUT2D eigenvalue weighted by molar-refractivity contribution is 5.91. The van der Waals surface area contributed by atoms with Crippen LogP contribution >= 0.6 is 0 Å². The maximum atomic E-state index is 11.7. The van der Waals surface area contributed by atoms with Crippen LogP contribution in [0.5, 0.6) is 0 Å². The Balaban J connectivity index is 2.35. The summed E-state index contributed by atoms with van der Waals surface area (Å²) in [6, 6.07) is 8.62. The number of carbonyl (C=O) groups is 1. The van der Waals surface area contributed by atoms with E-state index in [1.54, 1.807) is 44.6 Å². The lowest BCUT2D eigenvalue weighted by Gasteiger charge is -2.06. The summed E-state index contributed by atoms with van der Waals surface area (Å²) in [4.78, 5) is 17.2. The Kier molecular flexibility index (Phi) is 3.06. The molecule has 0 saturated carbocycles. The van der Waals surface area contributed by atoms with Crippen LogP contribution in [0, 0.1) is 11.3 Å². The average Bonchev–Trinajstić information content (AvgIpc) is 2.87. The average molecular weight is 241 g/mol. The van der Waals surface area contributed by atoms with Crippen molar-refractivity contribution in [3.63, 3.8) is 0 Å². The fourth-order valence-corrected chi connectivity index (χ4v) is 1.41. The van der Waals surface area contributed by atoms with Gasteiger partial charge >= 0.3 is 0 Å². The molecule has 1 amide bonds. The molecule has 6 nitrogen and oxygen atoms in total. The molecular formula is C12H11N5O. The van der Waals surface area contributed by atoms with Gasteiger partial charge in [-0.15, -0.1) is 0 Å². The van der Waals surface area contributed by atoms with Crippen LogP contribution in [0.1, 0.15) is 16.2 Å². The predicted molar refractivity (Wildman–Crippen MR) is 64.1 cm³/mol. The molecule has 0 aromatic carbocycles. The van der Waals surface area contributed by atoms with Crippen molar-refractivity contribution in [2.45, 2.75) is 0 Å². The zero-order valence-corrected chi connectivity index (χ0v) is 10.0. The van der Waals surface area contributed by atoms with Crippen LogP contribution in [0.15, 0.2) is 30.5 Å². The monoisotopic (exact) mass is 241 g/mol. The number of hydrogen-bond acceptors (Lipinski definition) is 4. The fourth-order valence-electron chi connectivity index (χ4n) is 1.41. The lowest BCUT2D eigenvalue weighted by Crippen LogP contribution is -2.22. The van der Waals surface area contributed by atoms with E-state index < -0.39 is 0 Å². The second-order valence-corrected chi connectivity index (χ2v) is 3.84. The quantitative estimate of drug-likeness (QED) is 0.780. The van der Waals surface area contributed by atoms with E-state index in [0.717, 1.165) is 0 Å². The van der Waals surface area contributed by atoms with Crippen LogP contribution in [0.4, 0.5) is 0 Å². The van der Waals surface area contributed by atoms with Crippen molar-refractivity contribution in [3.05, 3.63) is 41.9 Å². The summed E-state index contributed by atoms with van der Waals surface area (Å²) < 4.78 is 1.47. The van der Waals surface area contributed by atoms with Gasteiger partial charge in [0.2, 0.25) is 0 Å². The normalized spacial score (nSPS) is 9.83. The van der Waals surface area contributed by atoms with E-state index in [1.807, 2.05) is 6.07 Å². The van der Waals surface area contributed by atoms with Crippen molar-refractivity contribution < 1.29 is 4.79 Å². The van der Waals surface area contributed by atoms with E-state index in [0.29, 0.717) is 17.2 Å². The smallest absolute Gasteiger partial charge is 0.273 e. The molecule has 2 aromatic heterocycles. The molecule has 0 aliphatic carbocycles. The van der Waals surface area contributed by atoms with Crippen LogP contribution in [-0.2, 0) is 0 Å². The molecule has 0 N–H and O–H groups in total. The van der Waals surface area contributed by atoms with E-state index in [9.17, 15) is 4.79 Å². The van der Waals surface area contributed by atoms with E-state index in [2.05, 4.69) is 10.1 Å². The highest BCUT2D eigenvalue weighted by Crippen LogP contribution is 2.06. The summed E-state index contributed by atoms with van der Waals surface area (Å²) in [5, 5.41) is 12.9. The van der Waals surface area contributed by atoms with Crippen molar-refractivity contribution in [1.82, 2.24) is 19.7 Å². The largest absolute Gasteiger partial charge is 0.343 e. The Morgan fingerprint density at radius 2 is 2.17 bits per heavy atom. The molecule has 0 bridgehead atoms. The van der Waals surface area contributed by atoms with Crippen LogP contribution in [0.2, 0.25) is 0 Å². The molecule has 6 heteroatoms. The third kappa shape index (κ3) is 2.20. The first kappa shape index (κ1) is 11.8. The molecule has 0 saturated heterocycles. The molecule has 2 heterocycles. The summed E-state index contributed by atoms with van der Waals surface area (Å²) >= 11 is 0. The SMILES string of the molecule is CN(C)C(=O)c1ccn(-c2cccc(C#N)n2)n1. The van der Waals surface area contributed by atoms with Crippen molar-refractivity contribution in [3.8, 4) is 11.9 Å². The Morgan fingerprint density at radius 1 is 1.39 bits per heavy atom. The minimum Gasteiger partial charge on any atom is -0.343 e. The number of rotatable bonds is 2. The topological polar surface area (TPSA) is 74.8 Å². The second-order valence-electron chi connectivity index (χ2n) is 3.84. The van der Waals surface area contributed by atoms with Gasteiger partial charge in [0.1, 0.15) is 11.8 Å². The number of pyridine rings is 1. The van der Waals surface area contributed by atoms with Gasteiger partial charge in [-0.3, -0.25) is 4.79 Å². The van der Waals surface area contributed by atoms with Gasteiger partial charge in [-0.25, -0.2) is 9.67 Å². The minimum absolute atomic E-state index is 0.176. The predicted octanol–water partition coefficient (Wildman–Crippen LogP) is 0.841. The molecule has 0 aliphatic rings. The van der Waals surface area contributed by atoms with Gasteiger partial charge in [0.05, 0.1) is 0 Å². The van der Waals surface area contributed by atoms with Gasteiger partial charge in [-0.2, -0.15) is 10.4 Å². The first-order chi connectivity index (χ1) is 8.61. The van der Waals surface area contributed by atoms with E-state index in [-0.39, 0.29) is 5.91 Å². The molecule has 0 aliphatic heterocycles. The first-order valence-electron chi connectivity index (χ1n) is 5.26. The van der Waals surface area contributed by atoms with Gasteiger partial charge in [-0.05, 0) is 18.2 Å². The van der Waals surface area contributed by atoms with Crippen molar-refractivity contribution >= 4 is 5.91 Å². The third-order valence-electron chi connectivity index (χ3n) is 2.30. The van der Waals surface area contributed by atoms with Crippen LogP contribution in [0.25, 0.3) is 5.82 Å². The molecule has 0 radical (unpaired) electrons. The van der Waals surface area contributed by atoms with Gasteiger partial charge in [-0.1, -0.05) is 6.07 Å². The molecule has 90 valence electrons. The lowest BCUT2D eigenvalue weighted by atomic mass is 10.4. The molecule has 0 fully saturated rings. The Hall–Kier alpha value is -2.68. The van der Waals surface area contributed by atoms with Gasteiger partial charge in [0.25, 0.3) is 5.91 Å². The molecular weight excluding hydrogens is 230 g/mol. The van der Waals surface area contributed by atoms with E-state index in [1.165, 1.54) is 9.58 Å². The highest BCUT2D eigenvalue weighted by Gasteiger charge is 2.12. The highest BCUT2D eigenvalue weighted by atomic mass is 16.2. The minimum atomic E-state index is -0.176. The Labute approximate surface area is 104 Å². The van der Waals surface area contributed by atoms with Crippen molar-refractivity contribution in [2.24, 2.45) is 0 Å². The van der Waals surface area contributed by atoms with Crippen molar-refractivity contribution in [2.75, 3.05) is 14.1 Å². The van der Waals surface area contributed by atoms with Crippen LogP contribution in [-0.4, -0.2) is 39.7 Å². The number of carbonyl (C=O) groups excluding carboxylic acids is 1. The number of hydrogen-bond donors (Lipinski definition) is 0. The molecule has 0 unspecified atom stereocenters. The standard InChI is InChI=1S/C12H11N5O/c1-16(2)12(18)10-6-7-17(15-10)11-5-3-4-9(8-13)14-11/h3-7H,1-2H3. The van der Waals surface area contributed by atoms with Gasteiger partial charge in [0.15, 0.2) is 11.5 Å². The zero-order valence-electron chi connectivity index (χ0n) is 10.0. The summed E-state index contributed by atoms with van der Waals surface area (Å²) in [7, 11) is 3.33. The number of nitriles is 1. The number of nitrogens with zero attached hydrogens (tertiary/aromatic N) is 5. The maximum Gasteiger partial charge on any atom is 0.273 e. The summed E-state index contributed by atoms with van der Waals surface area (Å²) in [6.07, 6.45) is 1.64. The van der Waals surface area contributed by atoms with E-state index >= 15 is 0 Å². The van der Waals surface area contributed by atoms with Crippen LogP contribution < -0.4 is 0 Å². The maximum absolute atomic E-state index is 11.7. The summed E-state index contributed by atoms with van der Waals surface area (Å²) in [6.45, 7) is 0. The van der Waals surface area contributed by atoms with Crippen LogP contribution in [0.3, 0.4) is 0 Å². The summed E-state index contributed by atoms with van der Waals surface area (Å²) in [5.41, 5.74) is 0.646. The van der Waals surface area contributed by atoms with Gasteiger partial charge < -0.3 is 4.90 Å². The Bertz CT molecular complexity index is 623. The van der Waals surface area contributed by atoms with E-state index in [4.69, 9.17) is 5.26 Å². The van der Waals surface area contributed by atoms with Gasteiger partial charge in [0, 0.05) is 20.3 Å². The third-order valence-corrected chi connectivity index (χ3v) is 2.30. The Morgan fingerprint density at radius 3 is 2.83 bits per heavy atom. The summed E-state index contributed by atoms with van der Waals surface area (Å²) in [5.74, 6) is 0.331. The molecule has 0 spiro atoms. The first-order valence-corrected chi connectivity index (χ1v) is 5.26. The lowest BCUT2D eigenvalue weighted by molar-refractivity contribution is 0.0821. The molecule has 0 atom stereocenters. The molecule has 18 heavy (non-hydrogen) atoms. The van der Waals surface area contributed by atoms with Crippen molar-refractivity contribution in [1.29, 1.82) is 5.26 Å². The molecule has 2 rings (SSSR count). The second kappa shape index (κ2) is 4.67. The number of aromatic nitrogens is 3. The molecule has 2 aromatic rings.